The summed E-state index contributed by atoms with van der Waals surface area (Å²) >= 11 is 0. The summed E-state index contributed by atoms with van der Waals surface area (Å²) in [6.45, 7) is 4.97. The van der Waals surface area contributed by atoms with Crippen LogP contribution in [0.15, 0.2) is 0 Å². The summed E-state index contributed by atoms with van der Waals surface area (Å²) in [6, 6.07) is 0. The molecule has 0 aliphatic carbocycles. The molecule has 0 aromatic heterocycles. The van der Waals surface area contributed by atoms with Crippen LogP contribution in [0.4, 0.5) is 0 Å². The predicted molar refractivity (Wildman–Crippen MR) is 60.2 cm³/mol. The molecule has 0 saturated carbocycles. The molecule has 1 heterocycles. The number of nitrogens with zero attached hydrogens (tertiary/aromatic N) is 2. The molecule has 1 rings (SSSR count). The van der Waals surface area contributed by atoms with E-state index in [9.17, 15) is 9.59 Å². The Labute approximate surface area is 96.0 Å². The van der Waals surface area contributed by atoms with E-state index >= 15 is 0 Å². The summed E-state index contributed by atoms with van der Waals surface area (Å²) < 4.78 is 0. The average Bonchev–Trinajstić information content (AvgIpc) is 2.75. The van der Waals surface area contributed by atoms with E-state index < -0.39 is 5.97 Å². The van der Waals surface area contributed by atoms with Gasteiger partial charge in [-0.3, -0.25) is 9.59 Å². The summed E-state index contributed by atoms with van der Waals surface area (Å²) in [5.74, 6) is -1.01. The van der Waals surface area contributed by atoms with E-state index in [1.54, 1.807) is 6.92 Å². The number of hydrogen-bond donors (Lipinski definition) is 1. The molecule has 1 aliphatic rings. The number of hydrogen-bond acceptors (Lipinski definition) is 3. The van der Waals surface area contributed by atoms with Gasteiger partial charge in [0.15, 0.2) is 0 Å². The third-order valence-electron chi connectivity index (χ3n) is 2.90. The first-order valence-electron chi connectivity index (χ1n) is 5.85. The Morgan fingerprint density at radius 2 is 1.94 bits per heavy atom. The minimum absolute atomic E-state index is 0.0585. The normalized spacial score (nSPS) is 16.3. The summed E-state index contributed by atoms with van der Waals surface area (Å²) in [7, 11) is 0. The second-order valence-electron chi connectivity index (χ2n) is 4.10. The van der Waals surface area contributed by atoms with Gasteiger partial charge in [0, 0.05) is 19.5 Å². The van der Waals surface area contributed by atoms with Crippen LogP contribution in [0.1, 0.15) is 26.2 Å². The third kappa shape index (κ3) is 4.18. The lowest BCUT2D eigenvalue weighted by molar-refractivity contribution is -0.144. The summed E-state index contributed by atoms with van der Waals surface area (Å²) in [5, 5.41) is 8.64. The molecule has 1 amide bonds. The van der Waals surface area contributed by atoms with Gasteiger partial charge in [0.05, 0.1) is 0 Å². The third-order valence-corrected chi connectivity index (χ3v) is 2.90. The Hall–Kier alpha value is -1.10. The van der Waals surface area contributed by atoms with Crippen LogP contribution >= 0.6 is 0 Å². The van der Waals surface area contributed by atoms with Gasteiger partial charge in [0.1, 0.15) is 6.54 Å². The highest BCUT2D eigenvalue weighted by Gasteiger charge is 2.17. The largest absolute Gasteiger partial charge is 0.480 e. The van der Waals surface area contributed by atoms with Gasteiger partial charge in [0.25, 0.3) is 0 Å². The number of carbonyl (C=O) groups is 2. The van der Waals surface area contributed by atoms with Crippen LogP contribution in [0.2, 0.25) is 0 Å². The van der Waals surface area contributed by atoms with Gasteiger partial charge < -0.3 is 14.9 Å². The summed E-state index contributed by atoms with van der Waals surface area (Å²) in [6.07, 6.45) is 2.85. The molecule has 1 aliphatic heterocycles. The van der Waals surface area contributed by atoms with Gasteiger partial charge in [-0.05, 0) is 32.9 Å². The molecule has 0 aromatic carbocycles. The van der Waals surface area contributed by atoms with Crippen LogP contribution in [0.25, 0.3) is 0 Å². The maximum absolute atomic E-state index is 11.7. The molecule has 92 valence electrons. The first-order chi connectivity index (χ1) is 7.63. The van der Waals surface area contributed by atoms with Crippen LogP contribution in [0.3, 0.4) is 0 Å². The van der Waals surface area contributed by atoms with E-state index in [2.05, 4.69) is 4.90 Å². The number of rotatable bonds is 6. The molecule has 5 nitrogen and oxygen atoms in total. The Bertz CT molecular complexity index is 250. The summed E-state index contributed by atoms with van der Waals surface area (Å²) in [5.41, 5.74) is 0. The molecule has 0 aromatic rings. The number of carboxylic acids is 1. The highest BCUT2D eigenvalue weighted by atomic mass is 16.4. The quantitative estimate of drug-likeness (QED) is 0.715. The standard InChI is InChI=1S/C11H20N2O3/c1-2-13(9-11(15)16)10(14)5-8-12-6-3-4-7-12/h2-9H2,1H3,(H,15,16). The zero-order valence-corrected chi connectivity index (χ0v) is 9.81. The zero-order chi connectivity index (χ0) is 12.0. The van der Waals surface area contributed by atoms with E-state index in [1.165, 1.54) is 17.7 Å². The fourth-order valence-electron chi connectivity index (χ4n) is 1.96. The molecule has 0 atom stereocenters. The number of likely N-dealkylation sites (tertiary alicyclic amines) is 1. The zero-order valence-electron chi connectivity index (χ0n) is 9.81. The predicted octanol–water partition coefficient (Wildman–Crippen LogP) is 0.405. The van der Waals surface area contributed by atoms with E-state index in [-0.39, 0.29) is 12.5 Å². The van der Waals surface area contributed by atoms with E-state index in [4.69, 9.17) is 5.11 Å². The van der Waals surface area contributed by atoms with Gasteiger partial charge >= 0.3 is 5.97 Å². The lowest BCUT2D eigenvalue weighted by atomic mass is 10.3. The fraction of sp³-hybridized carbons (Fsp3) is 0.818. The van der Waals surface area contributed by atoms with Crippen LogP contribution in [0, 0.1) is 0 Å². The molecule has 1 fully saturated rings. The van der Waals surface area contributed by atoms with Crippen molar-refractivity contribution in [1.29, 1.82) is 0 Å². The Kier molecular flexibility index (Phi) is 5.25. The molecule has 1 saturated heterocycles. The topological polar surface area (TPSA) is 60.9 Å². The van der Waals surface area contributed by atoms with Crippen molar-refractivity contribution < 1.29 is 14.7 Å². The SMILES string of the molecule is CCN(CC(=O)O)C(=O)CCN1CCCC1. The minimum Gasteiger partial charge on any atom is -0.480 e. The van der Waals surface area contributed by atoms with Gasteiger partial charge in [-0.2, -0.15) is 0 Å². The first-order valence-corrected chi connectivity index (χ1v) is 5.85. The van der Waals surface area contributed by atoms with Gasteiger partial charge in [-0.15, -0.1) is 0 Å². The Balaban J connectivity index is 2.28. The van der Waals surface area contributed by atoms with Crippen molar-refractivity contribution in [1.82, 2.24) is 9.80 Å². The molecule has 0 unspecified atom stereocenters. The van der Waals surface area contributed by atoms with Crippen molar-refractivity contribution in [2.75, 3.05) is 32.7 Å². The highest BCUT2D eigenvalue weighted by Crippen LogP contribution is 2.08. The molecule has 0 bridgehead atoms. The average molecular weight is 228 g/mol. The molecule has 1 N–H and O–H groups in total. The van der Waals surface area contributed by atoms with Gasteiger partial charge in [0.2, 0.25) is 5.91 Å². The number of carbonyl (C=O) groups excluding carboxylic acids is 1. The molecular formula is C11H20N2O3. The maximum atomic E-state index is 11.7. The summed E-state index contributed by atoms with van der Waals surface area (Å²) in [4.78, 5) is 25.9. The van der Waals surface area contributed by atoms with Crippen molar-refractivity contribution in [2.24, 2.45) is 0 Å². The van der Waals surface area contributed by atoms with E-state index in [0.29, 0.717) is 13.0 Å². The number of likely N-dealkylation sites (N-methyl/N-ethyl adjacent to an activating group) is 1. The Morgan fingerprint density at radius 3 is 2.44 bits per heavy atom. The van der Waals surface area contributed by atoms with Crippen molar-refractivity contribution >= 4 is 11.9 Å². The Morgan fingerprint density at radius 1 is 1.31 bits per heavy atom. The molecule has 0 spiro atoms. The van der Waals surface area contributed by atoms with Crippen LogP contribution in [-0.4, -0.2) is 59.5 Å². The van der Waals surface area contributed by atoms with Crippen LogP contribution in [-0.2, 0) is 9.59 Å². The van der Waals surface area contributed by atoms with Crippen molar-refractivity contribution in [2.45, 2.75) is 26.2 Å². The lowest BCUT2D eigenvalue weighted by Gasteiger charge is -2.20. The molecule has 5 heteroatoms. The second kappa shape index (κ2) is 6.48. The van der Waals surface area contributed by atoms with Gasteiger partial charge in [-0.25, -0.2) is 0 Å². The first kappa shape index (κ1) is 13.0. The fourth-order valence-corrected chi connectivity index (χ4v) is 1.96. The van der Waals surface area contributed by atoms with Crippen LogP contribution < -0.4 is 0 Å². The minimum atomic E-state index is -0.948. The van der Waals surface area contributed by atoms with Crippen molar-refractivity contribution in [3.05, 3.63) is 0 Å². The van der Waals surface area contributed by atoms with Crippen molar-refractivity contribution in [3.63, 3.8) is 0 Å². The number of amides is 1. The molecule has 0 radical (unpaired) electrons. The second-order valence-corrected chi connectivity index (χ2v) is 4.10. The molecule has 16 heavy (non-hydrogen) atoms. The maximum Gasteiger partial charge on any atom is 0.323 e. The number of aliphatic carboxylic acids is 1. The lowest BCUT2D eigenvalue weighted by Crippen LogP contribution is -2.37. The highest BCUT2D eigenvalue weighted by molar-refractivity contribution is 5.81. The van der Waals surface area contributed by atoms with E-state index in [0.717, 1.165) is 19.6 Å². The van der Waals surface area contributed by atoms with Gasteiger partial charge in [-0.1, -0.05) is 0 Å². The van der Waals surface area contributed by atoms with Crippen molar-refractivity contribution in [3.8, 4) is 0 Å². The number of carboxylic acid groups (broad SMARTS) is 1. The smallest absolute Gasteiger partial charge is 0.323 e. The van der Waals surface area contributed by atoms with Crippen LogP contribution in [0.5, 0.6) is 0 Å². The van der Waals surface area contributed by atoms with E-state index in [1.807, 2.05) is 0 Å². The monoisotopic (exact) mass is 228 g/mol. The molecular weight excluding hydrogens is 208 g/mol.